The Labute approximate surface area is 126 Å². The Morgan fingerprint density at radius 3 is 3.00 bits per heavy atom. The summed E-state index contributed by atoms with van der Waals surface area (Å²) in [6.07, 6.45) is 6.48. The zero-order chi connectivity index (χ0) is 14.8. The van der Waals surface area contributed by atoms with Crippen LogP contribution in [0.1, 0.15) is 23.3 Å². The van der Waals surface area contributed by atoms with Gasteiger partial charge >= 0.3 is 0 Å². The van der Waals surface area contributed by atoms with Crippen LogP contribution >= 0.6 is 11.3 Å². The van der Waals surface area contributed by atoms with E-state index in [4.69, 9.17) is 0 Å². The maximum atomic E-state index is 12.3. The van der Waals surface area contributed by atoms with E-state index in [2.05, 4.69) is 15.0 Å². The van der Waals surface area contributed by atoms with Gasteiger partial charge in [0.05, 0.1) is 12.3 Å². The van der Waals surface area contributed by atoms with Crippen LogP contribution < -0.4 is 0 Å². The van der Waals surface area contributed by atoms with E-state index >= 15 is 0 Å². The molecule has 110 valence electrons. The van der Waals surface area contributed by atoms with Crippen molar-refractivity contribution in [3.8, 4) is 10.7 Å². The summed E-state index contributed by atoms with van der Waals surface area (Å²) in [5, 5.41) is 12.3. The molecule has 1 unspecified atom stereocenters. The molecule has 0 aromatic carbocycles. The van der Waals surface area contributed by atoms with Crippen LogP contribution in [0.25, 0.3) is 10.7 Å². The van der Waals surface area contributed by atoms with Crippen LogP contribution in [0.4, 0.5) is 0 Å². The quantitative estimate of drug-likeness (QED) is 0.904. The fourth-order valence-electron chi connectivity index (χ4n) is 2.09. The molecule has 2 aromatic rings. The summed E-state index contributed by atoms with van der Waals surface area (Å²) in [6, 6.07) is 0. The number of rotatable bonds is 5. The van der Waals surface area contributed by atoms with Gasteiger partial charge in [0, 0.05) is 31.4 Å². The van der Waals surface area contributed by atoms with E-state index in [1.165, 1.54) is 16.2 Å². The van der Waals surface area contributed by atoms with E-state index in [0.29, 0.717) is 28.9 Å². The maximum absolute atomic E-state index is 12.3. The zero-order valence-corrected chi connectivity index (χ0v) is 12.5. The minimum Gasteiger partial charge on any atom is -0.391 e. The molecule has 0 aliphatic heterocycles. The third-order valence-electron chi connectivity index (χ3n) is 3.48. The molecule has 1 aliphatic carbocycles. The number of aliphatic hydroxyl groups is 1. The molecular weight excluding hydrogens is 288 g/mol. The number of aliphatic hydroxyl groups excluding tert-OH is 1. The Balaban J connectivity index is 1.68. The van der Waals surface area contributed by atoms with E-state index in [1.807, 2.05) is 0 Å². The predicted octanol–water partition coefficient (Wildman–Crippen LogP) is 1.44. The zero-order valence-electron chi connectivity index (χ0n) is 11.6. The van der Waals surface area contributed by atoms with Crippen molar-refractivity contribution >= 4 is 17.2 Å². The van der Waals surface area contributed by atoms with Crippen LogP contribution in [0.5, 0.6) is 0 Å². The molecule has 0 radical (unpaired) electrons. The maximum Gasteiger partial charge on any atom is 0.273 e. The van der Waals surface area contributed by atoms with Crippen LogP contribution in [0.2, 0.25) is 0 Å². The average Bonchev–Trinajstić information content (AvgIpc) is 3.25. The normalized spacial score (nSPS) is 15.7. The SMILES string of the molecule is CN(CC(O)C1CC1)C(=O)c1csc(-c2cnccn2)n1. The van der Waals surface area contributed by atoms with E-state index in [1.54, 1.807) is 31.0 Å². The third kappa shape index (κ3) is 3.25. The molecule has 1 amide bonds. The van der Waals surface area contributed by atoms with Gasteiger partial charge in [0.1, 0.15) is 16.4 Å². The van der Waals surface area contributed by atoms with Crippen LogP contribution in [0.15, 0.2) is 24.0 Å². The molecule has 1 saturated carbocycles. The van der Waals surface area contributed by atoms with Gasteiger partial charge in [-0.25, -0.2) is 4.98 Å². The van der Waals surface area contributed by atoms with Gasteiger partial charge < -0.3 is 10.0 Å². The smallest absolute Gasteiger partial charge is 0.273 e. The van der Waals surface area contributed by atoms with Crippen molar-refractivity contribution in [1.82, 2.24) is 19.9 Å². The van der Waals surface area contributed by atoms with Crippen molar-refractivity contribution in [2.45, 2.75) is 18.9 Å². The van der Waals surface area contributed by atoms with Crippen molar-refractivity contribution in [3.05, 3.63) is 29.7 Å². The molecule has 3 rings (SSSR count). The topological polar surface area (TPSA) is 79.2 Å². The van der Waals surface area contributed by atoms with E-state index in [0.717, 1.165) is 12.8 Å². The lowest BCUT2D eigenvalue weighted by Crippen LogP contribution is -2.35. The Bertz CT molecular complexity index is 627. The molecule has 7 heteroatoms. The van der Waals surface area contributed by atoms with E-state index < -0.39 is 6.10 Å². The van der Waals surface area contributed by atoms with Crippen LogP contribution in [0.3, 0.4) is 0 Å². The summed E-state index contributed by atoms with van der Waals surface area (Å²) in [6.45, 7) is 0.349. The van der Waals surface area contributed by atoms with Gasteiger partial charge in [0.2, 0.25) is 0 Å². The standard InChI is InChI=1S/C14H16N4O2S/c1-18(7-12(19)9-2-3-9)14(20)11-8-21-13(17-11)10-6-15-4-5-16-10/h4-6,8-9,12,19H,2-3,7H2,1H3. The first-order valence-corrected chi connectivity index (χ1v) is 7.68. The highest BCUT2D eigenvalue weighted by Crippen LogP contribution is 2.32. The van der Waals surface area contributed by atoms with Crippen LogP contribution in [0, 0.1) is 5.92 Å². The number of carbonyl (C=O) groups is 1. The third-order valence-corrected chi connectivity index (χ3v) is 4.34. The van der Waals surface area contributed by atoms with Gasteiger partial charge in [0.25, 0.3) is 5.91 Å². The highest BCUT2D eigenvalue weighted by molar-refractivity contribution is 7.13. The summed E-state index contributed by atoms with van der Waals surface area (Å²) in [4.78, 5) is 26.3. The number of likely N-dealkylation sites (N-methyl/N-ethyl adjacent to an activating group) is 1. The number of amides is 1. The molecule has 21 heavy (non-hydrogen) atoms. The second kappa shape index (κ2) is 5.87. The highest BCUT2D eigenvalue weighted by atomic mass is 32.1. The first-order valence-electron chi connectivity index (χ1n) is 6.80. The van der Waals surface area contributed by atoms with E-state index in [-0.39, 0.29) is 5.91 Å². The first-order chi connectivity index (χ1) is 10.1. The van der Waals surface area contributed by atoms with Crippen LogP contribution in [-0.4, -0.2) is 50.6 Å². The largest absolute Gasteiger partial charge is 0.391 e. The van der Waals surface area contributed by atoms with Gasteiger partial charge in [-0.3, -0.25) is 14.8 Å². The molecular formula is C14H16N4O2S. The minimum atomic E-state index is -0.433. The van der Waals surface area contributed by atoms with Gasteiger partial charge in [-0.05, 0) is 18.8 Å². The van der Waals surface area contributed by atoms with Crippen LogP contribution in [-0.2, 0) is 0 Å². The molecule has 2 aromatic heterocycles. The minimum absolute atomic E-state index is 0.180. The molecule has 0 bridgehead atoms. The Kier molecular flexibility index (Phi) is 3.94. The molecule has 1 aliphatic rings. The summed E-state index contributed by atoms with van der Waals surface area (Å²) in [5.41, 5.74) is 1.04. The van der Waals surface area contributed by atoms with Crippen molar-refractivity contribution in [1.29, 1.82) is 0 Å². The summed E-state index contributed by atoms with van der Waals surface area (Å²) in [5.74, 6) is 0.173. The number of aromatic nitrogens is 3. The number of hydrogen-bond acceptors (Lipinski definition) is 6. The Morgan fingerprint density at radius 1 is 1.52 bits per heavy atom. The number of carbonyl (C=O) groups excluding carboxylic acids is 1. The lowest BCUT2D eigenvalue weighted by molar-refractivity contribution is 0.0641. The van der Waals surface area contributed by atoms with Gasteiger partial charge in [0.15, 0.2) is 0 Å². The summed E-state index contributed by atoms with van der Waals surface area (Å²) in [7, 11) is 1.69. The fourth-order valence-corrected chi connectivity index (χ4v) is 2.84. The predicted molar refractivity (Wildman–Crippen MR) is 78.8 cm³/mol. The number of nitrogens with zero attached hydrogens (tertiary/aromatic N) is 4. The average molecular weight is 304 g/mol. The first kappa shape index (κ1) is 14.1. The monoisotopic (exact) mass is 304 g/mol. The summed E-state index contributed by atoms with van der Waals surface area (Å²) < 4.78 is 0. The number of hydrogen-bond donors (Lipinski definition) is 1. The lowest BCUT2D eigenvalue weighted by atomic mass is 10.2. The van der Waals surface area contributed by atoms with Crippen molar-refractivity contribution in [2.75, 3.05) is 13.6 Å². The molecule has 1 atom stereocenters. The molecule has 0 saturated heterocycles. The van der Waals surface area contributed by atoms with Crippen molar-refractivity contribution in [2.24, 2.45) is 5.92 Å². The lowest BCUT2D eigenvalue weighted by Gasteiger charge is -2.19. The highest BCUT2D eigenvalue weighted by Gasteiger charge is 2.31. The van der Waals surface area contributed by atoms with Crippen molar-refractivity contribution in [3.63, 3.8) is 0 Å². The molecule has 2 heterocycles. The summed E-state index contributed by atoms with van der Waals surface area (Å²) >= 11 is 1.36. The van der Waals surface area contributed by atoms with Gasteiger partial charge in [-0.15, -0.1) is 11.3 Å². The molecule has 0 spiro atoms. The van der Waals surface area contributed by atoms with Crippen molar-refractivity contribution < 1.29 is 9.90 Å². The second-order valence-electron chi connectivity index (χ2n) is 5.22. The van der Waals surface area contributed by atoms with Gasteiger partial charge in [-0.2, -0.15) is 0 Å². The number of thiazole rings is 1. The molecule has 1 N–H and O–H groups in total. The van der Waals surface area contributed by atoms with E-state index in [9.17, 15) is 9.90 Å². The molecule has 1 fully saturated rings. The second-order valence-corrected chi connectivity index (χ2v) is 6.08. The van der Waals surface area contributed by atoms with Gasteiger partial charge in [-0.1, -0.05) is 0 Å². The fraction of sp³-hybridized carbons (Fsp3) is 0.429. The Morgan fingerprint density at radius 2 is 2.33 bits per heavy atom. The Hall–Kier alpha value is -1.86. The molecule has 6 nitrogen and oxygen atoms in total.